The van der Waals surface area contributed by atoms with Crippen LogP contribution in [0.15, 0.2) is 41.5 Å². The number of guanidine groups is 1. The summed E-state index contributed by atoms with van der Waals surface area (Å²) in [6.45, 7) is 6.33. The van der Waals surface area contributed by atoms with Crippen molar-refractivity contribution in [2.75, 3.05) is 20.1 Å². The van der Waals surface area contributed by atoms with Gasteiger partial charge in [-0.05, 0) is 68.0 Å². The van der Waals surface area contributed by atoms with E-state index in [1.54, 1.807) is 13.2 Å². The average molecular weight is 450 g/mol. The van der Waals surface area contributed by atoms with E-state index in [0.29, 0.717) is 18.3 Å². The van der Waals surface area contributed by atoms with Crippen LogP contribution in [0, 0.1) is 19.8 Å². The smallest absolute Gasteiger partial charge is 0.225 e. The van der Waals surface area contributed by atoms with Gasteiger partial charge in [-0.1, -0.05) is 18.9 Å². The SMILES string of the molecule is CN=C(NCc1ccnc(Oc2ccc(C)c(C)c2)c1)NC1CCN(C(=O)C2CCCC2)C1. The molecule has 1 aliphatic carbocycles. The van der Waals surface area contributed by atoms with Gasteiger partial charge in [-0.15, -0.1) is 0 Å². The number of nitrogens with zero attached hydrogens (tertiary/aromatic N) is 3. The maximum absolute atomic E-state index is 12.7. The average Bonchev–Trinajstić information content (AvgIpc) is 3.51. The number of hydrogen-bond donors (Lipinski definition) is 2. The molecule has 0 spiro atoms. The summed E-state index contributed by atoms with van der Waals surface area (Å²) in [4.78, 5) is 23.4. The maximum Gasteiger partial charge on any atom is 0.225 e. The molecule has 0 radical (unpaired) electrons. The summed E-state index contributed by atoms with van der Waals surface area (Å²) >= 11 is 0. The summed E-state index contributed by atoms with van der Waals surface area (Å²) in [7, 11) is 1.77. The second-order valence-corrected chi connectivity index (χ2v) is 9.17. The summed E-state index contributed by atoms with van der Waals surface area (Å²) in [5.74, 6) is 2.67. The van der Waals surface area contributed by atoms with E-state index in [4.69, 9.17) is 4.74 Å². The Bertz CT molecular complexity index is 1000. The summed E-state index contributed by atoms with van der Waals surface area (Å²) < 4.78 is 5.95. The zero-order valence-electron chi connectivity index (χ0n) is 19.9. The second-order valence-electron chi connectivity index (χ2n) is 9.17. The van der Waals surface area contributed by atoms with Gasteiger partial charge in [0.25, 0.3) is 0 Å². The molecule has 7 nitrogen and oxygen atoms in total. The van der Waals surface area contributed by atoms with E-state index in [1.807, 2.05) is 29.2 Å². The summed E-state index contributed by atoms with van der Waals surface area (Å²) in [6.07, 6.45) is 7.19. The molecule has 1 atom stereocenters. The Morgan fingerprint density at radius 2 is 1.97 bits per heavy atom. The van der Waals surface area contributed by atoms with E-state index < -0.39 is 0 Å². The van der Waals surface area contributed by atoms with Crippen molar-refractivity contribution < 1.29 is 9.53 Å². The van der Waals surface area contributed by atoms with Crippen molar-refractivity contribution >= 4 is 11.9 Å². The van der Waals surface area contributed by atoms with Crippen molar-refractivity contribution in [2.24, 2.45) is 10.9 Å². The molecule has 1 saturated carbocycles. The quantitative estimate of drug-likeness (QED) is 0.516. The number of hydrogen-bond acceptors (Lipinski definition) is 4. The fraction of sp³-hybridized carbons (Fsp3) is 0.500. The van der Waals surface area contributed by atoms with E-state index in [0.717, 1.165) is 49.6 Å². The monoisotopic (exact) mass is 449 g/mol. The summed E-state index contributed by atoms with van der Waals surface area (Å²) in [5, 5.41) is 6.85. The molecule has 2 N–H and O–H groups in total. The van der Waals surface area contributed by atoms with Crippen molar-refractivity contribution in [1.29, 1.82) is 0 Å². The van der Waals surface area contributed by atoms with Crippen molar-refractivity contribution in [3.63, 3.8) is 0 Å². The molecule has 2 fully saturated rings. The highest BCUT2D eigenvalue weighted by Gasteiger charge is 2.32. The second kappa shape index (κ2) is 10.7. The fourth-order valence-corrected chi connectivity index (χ4v) is 4.60. The minimum Gasteiger partial charge on any atom is -0.439 e. The highest BCUT2D eigenvalue weighted by molar-refractivity contribution is 5.81. The van der Waals surface area contributed by atoms with E-state index in [-0.39, 0.29) is 12.0 Å². The Morgan fingerprint density at radius 1 is 1.15 bits per heavy atom. The van der Waals surface area contributed by atoms with Crippen molar-refractivity contribution in [1.82, 2.24) is 20.5 Å². The number of likely N-dealkylation sites (tertiary alicyclic amines) is 1. The number of benzene rings is 1. The van der Waals surface area contributed by atoms with E-state index in [2.05, 4.69) is 40.5 Å². The number of carbonyl (C=O) groups excluding carboxylic acids is 1. The number of aliphatic imine (C=N–C) groups is 1. The van der Waals surface area contributed by atoms with Crippen LogP contribution in [0.2, 0.25) is 0 Å². The molecule has 1 aromatic carbocycles. The Kier molecular flexibility index (Phi) is 7.47. The Balaban J connectivity index is 1.28. The van der Waals surface area contributed by atoms with Gasteiger partial charge in [0.05, 0.1) is 0 Å². The Morgan fingerprint density at radius 3 is 2.73 bits per heavy atom. The third-order valence-corrected chi connectivity index (χ3v) is 6.73. The molecule has 1 aromatic heterocycles. The molecular formula is C26H35N5O2. The van der Waals surface area contributed by atoms with Gasteiger partial charge in [0, 0.05) is 50.9 Å². The predicted octanol–water partition coefficient (Wildman–Crippen LogP) is 3.95. The van der Waals surface area contributed by atoms with Gasteiger partial charge in [-0.25, -0.2) is 4.98 Å². The Labute approximate surface area is 196 Å². The molecular weight excluding hydrogens is 414 g/mol. The van der Waals surface area contributed by atoms with Gasteiger partial charge in [-0.2, -0.15) is 0 Å². The molecule has 1 saturated heterocycles. The van der Waals surface area contributed by atoms with Crippen molar-refractivity contribution in [3.8, 4) is 11.6 Å². The van der Waals surface area contributed by atoms with Crippen molar-refractivity contribution in [3.05, 3.63) is 53.2 Å². The van der Waals surface area contributed by atoms with Gasteiger partial charge < -0.3 is 20.3 Å². The summed E-state index contributed by atoms with van der Waals surface area (Å²) in [6, 6.07) is 10.2. The fourth-order valence-electron chi connectivity index (χ4n) is 4.60. The first-order chi connectivity index (χ1) is 16.0. The maximum atomic E-state index is 12.7. The highest BCUT2D eigenvalue weighted by atomic mass is 16.5. The molecule has 1 unspecified atom stereocenters. The lowest BCUT2D eigenvalue weighted by molar-refractivity contribution is -0.134. The van der Waals surface area contributed by atoms with Crippen LogP contribution in [-0.4, -0.2) is 47.9 Å². The van der Waals surface area contributed by atoms with Gasteiger partial charge in [0.1, 0.15) is 5.75 Å². The Hall–Kier alpha value is -3.09. The first-order valence-electron chi connectivity index (χ1n) is 12.0. The lowest BCUT2D eigenvalue weighted by atomic mass is 10.1. The van der Waals surface area contributed by atoms with Crippen LogP contribution in [0.3, 0.4) is 0 Å². The van der Waals surface area contributed by atoms with Crippen LogP contribution in [0.25, 0.3) is 0 Å². The standard InChI is InChI=1S/C26H35N5O2/c1-18-8-9-23(14-19(18)2)33-24-15-20(10-12-28-24)16-29-26(27-3)30-22-11-13-31(17-22)25(32)21-6-4-5-7-21/h8-10,12,14-15,21-22H,4-7,11,13,16-17H2,1-3H3,(H2,27,29,30). The number of carbonyl (C=O) groups is 1. The van der Waals surface area contributed by atoms with Crippen LogP contribution in [0.5, 0.6) is 11.6 Å². The molecule has 7 heteroatoms. The van der Waals surface area contributed by atoms with Crippen LogP contribution in [0.4, 0.5) is 0 Å². The van der Waals surface area contributed by atoms with Crippen LogP contribution in [0.1, 0.15) is 48.8 Å². The van der Waals surface area contributed by atoms with Gasteiger partial charge >= 0.3 is 0 Å². The zero-order chi connectivity index (χ0) is 23.2. The number of ether oxygens (including phenoxy) is 1. The number of aromatic nitrogens is 1. The molecule has 2 heterocycles. The van der Waals surface area contributed by atoms with E-state index in [1.165, 1.54) is 24.0 Å². The van der Waals surface area contributed by atoms with Crippen molar-refractivity contribution in [2.45, 2.75) is 58.5 Å². The van der Waals surface area contributed by atoms with Gasteiger partial charge in [-0.3, -0.25) is 9.79 Å². The molecule has 33 heavy (non-hydrogen) atoms. The number of rotatable bonds is 6. The number of nitrogens with one attached hydrogen (secondary N) is 2. The van der Waals surface area contributed by atoms with E-state index >= 15 is 0 Å². The number of aryl methyl sites for hydroxylation is 2. The first-order valence-corrected chi connectivity index (χ1v) is 12.0. The lowest BCUT2D eigenvalue weighted by Gasteiger charge is -2.21. The number of amides is 1. The van der Waals surface area contributed by atoms with E-state index in [9.17, 15) is 4.79 Å². The molecule has 2 aliphatic rings. The minimum absolute atomic E-state index is 0.225. The molecule has 1 amide bonds. The lowest BCUT2D eigenvalue weighted by Crippen LogP contribution is -2.45. The zero-order valence-corrected chi connectivity index (χ0v) is 19.9. The third-order valence-electron chi connectivity index (χ3n) is 6.73. The highest BCUT2D eigenvalue weighted by Crippen LogP contribution is 2.28. The van der Waals surface area contributed by atoms with Crippen LogP contribution >= 0.6 is 0 Å². The first kappa shape index (κ1) is 23.1. The van der Waals surface area contributed by atoms with Crippen LogP contribution < -0.4 is 15.4 Å². The van der Waals surface area contributed by atoms with Crippen LogP contribution in [-0.2, 0) is 11.3 Å². The largest absolute Gasteiger partial charge is 0.439 e. The summed E-state index contributed by atoms with van der Waals surface area (Å²) in [5.41, 5.74) is 3.48. The molecule has 1 aliphatic heterocycles. The van der Waals surface area contributed by atoms with Gasteiger partial charge in [0.15, 0.2) is 5.96 Å². The molecule has 176 valence electrons. The minimum atomic E-state index is 0.225. The topological polar surface area (TPSA) is 78.9 Å². The normalized spacial score (nSPS) is 19.1. The molecule has 4 rings (SSSR count). The third kappa shape index (κ3) is 6.03. The molecule has 0 bridgehead atoms. The van der Waals surface area contributed by atoms with Gasteiger partial charge in [0.2, 0.25) is 11.8 Å². The molecule has 2 aromatic rings. The number of pyridine rings is 1. The predicted molar refractivity (Wildman–Crippen MR) is 131 cm³/mol.